The van der Waals surface area contributed by atoms with Crippen LogP contribution in [0.1, 0.15) is 12.5 Å². The predicted molar refractivity (Wildman–Crippen MR) is 92.2 cm³/mol. The Morgan fingerprint density at radius 2 is 2.20 bits per heavy atom. The number of pyridine rings is 1. The van der Waals surface area contributed by atoms with E-state index >= 15 is 0 Å². The maximum absolute atomic E-state index is 14.0. The van der Waals surface area contributed by atoms with Gasteiger partial charge >= 0.3 is 6.03 Å². The Balaban J connectivity index is 2.18. The van der Waals surface area contributed by atoms with Gasteiger partial charge in [-0.05, 0) is 19.1 Å². The first-order valence-corrected chi connectivity index (χ1v) is 7.50. The highest BCUT2D eigenvalue weighted by atomic mass is 19.1. The topological polar surface area (TPSA) is 116 Å². The van der Waals surface area contributed by atoms with Gasteiger partial charge < -0.3 is 10.7 Å². The number of H-pyrrole nitrogens is 1. The number of anilines is 1. The zero-order valence-electron chi connectivity index (χ0n) is 13.3. The third-order valence-corrected chi connectivity index (χ3v) is 3.58. The van der Waals surface area contributed by atoms with Crippen LogP contribution in [-0.4, -0.2) is 33.6 Å². The molecule has 0 aliphatic rings. The summed E-state index contributed by atoms with van der Waals surface area (Å²) in [5.74, 6) is -0.448. The minimum absolute atomic E-state index is 0.0536. The molecule has 0 aliphatic carbocycles. The molecule has 3 rings (SSSR count). The lowest BCUT2D eigenvalue weighted by Crippen LogP contribution is -2.29. The maximum atomic E-state index is 14.0. The number of benzene rings is 1. The van der Waals surface area contributed by atoms with Crippen LogP contribution in [0.5, 0.6) is 0 Å². The number of nitrogens with one attached hydrogen (secondary N) is 4. The van der Waals surface area contributed by atoms with Gasteiger partial charge in [-0.15, -0.1) is 0 Å². The summed E-state index contributed by atoms with van der Waals surface area (Å²) >= 11 is 0. The largest absolute Gasteiger partial charge is 0.338 e. The lowest BCUT2D eigenvalue weighted by Gasteiger charge is -2.08. The second-order valence-electron chi connectivity index (χ2n) is 5.14. The van der Waals surface area contributed by atoms with E-state index in [2.05, 4.69) is 20.7 Å². The summed E-state index contributed by atoms with van der Waals surface area (Å²) in [6, 6.07) is 5.34. The average Bonchev–Trinajstić information content (AvgIpc) is 2.92. The van der Waals surface area contributed by atoms with Gasteiger partial charge in [0.25, 0.3) is 5.56 Å². The van der Waals surface area contributed by atoms with Crippen molar-refractivity contribution in [3.63, 3.8) is 0 Å². The SMILES string of the molecule is CCNC(=O)Nc1ncc2c(=O)n(-c3ccccc3F)[nH]c2c1C=N. The lowest BCUT2D eigenvalue weighted by atomic mass is 10.2. The molecule has 0 spiro atoms. The van der Waals surface area contributed by atoms with Gasteiger partial charge in [0.1, 0.15) is 17.3 Å². The van der Waals surface area contributed by atoms with Crippen molar-refractivity contribution in [3.8, 4) is 5.69 Å². The number of urea groups is 1. The number of hydrogen-bond donors (Lipinski definition) is 4. The summed E-state index contributed by atoms with van der Waals surface area (Å²) in [6.45, 7) is 2.19. The highest BCUT2D eigenvalue weighted by Gasteiger charge is 2.17. The Kier molecular flexibility index (Phi) is 4.29. The Labute approximate surface area is 141 Å². The van der Waals surface area contributed by atoms with E-state index in [9.17, 15) is 14.0 Å². The second-order valence-corrected chi connectivity index (χ2v) is 5.14. The molecule has 0 atom stereocenters. The molecule has 3 aromatic rings. The highest BCUT2D eigenvalue weighted by molar-refractivity contribution is 6.04. The van der Waals surface area contributed by atoms with Crippen molar-refractivity contribution < 1.29 is 9.18 Å². The van der Waals surface area contributed by atoms with E-state index in [-0.39, 0.29) is 28.0 Å². The zero-order chi connectivity index (χ0) is 18.0. The molecule has 4 N–H and O–H groups in total. The molecular weight excluding hydrogens is 327 g/mol. The smallest absolute Gasteiger partial charge is 0.320 e. The molecule has 2 aromatic heterocycles. The number of amides is 2. The first kappa shape index (κ1) is 16.4. The summed E-state index contributed by atoms with van der Waals surface area (Å²) in [5, 5.41) is 15.6. The van der Waals surface area contributed by atoms with Gasteiger partial charge in [0.05, 0.1) is 16.5 Å². The number of nitrogens with zero attached hydrogens (tertiary/aromatic N) is 2. The monoisotopic (exact) mass is 342 g/mol. The summed E-state index contributed by atoms with van der Waals surface area (Å²) in [6.07, 6.45) is 2.25. The van der Waals surface area contributed by atoms with Gasteiger partial charge in [0, 0.05) is 19.0 Å². The van der Waals surface area contributed by atoms with E-state index in [0.29, 0.717) is 6.54 Å². The van der Waals surface area contributed by atoms with Crippen LogP contribution >= 0.6 is 0 Å². The second kappa shape index (κ2) is 6.56. The molecule has 2 amide bonds. The Hall–Kier alpha value is -3.49. The van der Waals surface area contributed by atoms with Crippen LogP contribution in [0.15, 0.2) is 35.3 Å². The van der Waals surface area contributed by atoms with Gasteiger partial charge in [0.15, 0.2) is 0 Å². The molecule has 0 radical (unpaired) electrons. The average molecular weight is 342 g/mol. The van der Waals surface area contributed by atoms with Crippen molar-refractivity contribution in [2.24, 2.45) is 0 Å². The number of aromatic nitrogens is 3. The molecule has 0 unspecified atom stereocenters. The van der Waals surface area contributed by atoms with Crippen LogP contribution in [0.3, 0.4) is 0 Å². The molecule has 0 aliphatic heterocycles. The van der Waals surface area contributed by atoms with Crippen LogP contribution in [0.2, 0.25) is 0 Å². The van der Waals surface area contributed by atoms with Crippen LogP contribution in [-0.2, 0) is 0 Å². The molecule has 25 heavy (non-hydrogen) atoms. The molecular formula is C16H15FN6O2. The number of rotatable bonds is 4. The summed E-state index contributed by atoms with van der Waals surface area (Å²) < 4.78 is 15.0. The van der Waals surface area contributed by atoms with Crippen molar-refractivity contribution in [1.82, 2.24) is 20.1 Å². The highest BCUT2D eigenvalue weighted by Crippen LogP contribution is 2.20. The number of aromatic amines is 1. The molecule has 0 bridgehead atoms. The molecule has 1 aromatic carbocycles. The number of carbonyl (C=O) groups excluding carboxylic acids is 1. The molecule has 0 fully saturated rings. The fourth-order valence-electron chi connectivity index (χ4n) is 2.45. The Bertz CT molecular complexity index is 1020. The van der Waals surface area contributed by atoms with Crippen LogP contribution in [0.4, 0.5) is 15.0 Å². The van der Waals surface area contributed by atoms with Crippen molar-refractivity contribution in [1.29, 1.82) is 5.41 Å². The van der Waals surface area contributed by atoms with E-state index in [0.717, 1.165) is 10.9 Å². The zero-order valence-corrected chi connectivity index (χ0v) is 13.3. The number of fused-ring (bicyclic) bond motifs is 1. The van der Waals surface area contributed by atoms with E-state index < -0.39 is 17.4 Å². The van der Waals surface area contributed by atoms with Gasteiger partial charge in [-0.1, -0.05) is 12.1 Å². The summed E-state index contributed by atoms with van der Waals surface area (Å²) in [4.78, 5) is 28.3. The van der Waals surface area contributed by atoms with E-state index in [1.807, 2.05) is 0 Å². The van der Waals surface area contributed by atoms with Crippen molar-refractivity contribution >= 4 is 29.0 Å². The van der Waals surface area contributed by atoms with Gasteiger partial charge in [-0.25, -0.2) is 18.9 Å². The van der Waals surface area contributed by atoms with Crippen LogP contribution in [0.25, 0.3) is 16.6 Å². The molecule has 2 heterocycles. The number of hydrogen-bond acceptors (Lipinski definition) is 4. The fourth-order valence-corrected chi connectivity index (χ4v) is 2.45. The van der Waals surface area contributed by atoms with Gasteiger partial charge in [0.2, 0.25) is 0 Å². The first-order chi connectivity index (χ1) is 12.1. The van der Waals surface area contributed by atoms with E-state index in [4.69, 9.17) is 5.41 Å². The third kappa shape index (κ3) is 2.87. The molecule has 0 saturated carbocycles. The minimum atomic E-state index is -0.568. The molecule has 0 saturated heterocycles. The number of para-hydroxylation sites is 1. The van der Waals surface area contributed by atoms with Gasteiger partial charge in [-0.3, -0.25) is 15.2 Å². The minimum Gasteiger partial charge on any atom is -0.338 e. The Morgan fingerprint density at radius 1 is 1.44 bits per heavy atom. The normalized spacial score (nSPS) is 10.6. The van der Waals surface area contributed by atoms with Crippen molar-refractivity contribution in [2.45, 2.75) is 6.92 Å². The number of carbonyl (C=O) groups is 1. The molecule has 128 valence electrons. The van der Waals surface area contributed by atoms with Crippen molar-refractivity contribution in [2.75, 3.05) is 11.9 Å². The van der Waals surface area contributed by atoms with E-state index in [1.54, 1.807) is 13.0 Å². The maximum Gasteiger partial charge on any atom is 0.320 e. The number of halogens is 1. The lowest BCUT2D eigenvalue weighted by molar-refractivity contribution is 0.252. The Morgan fingerprint density at radius 3 is 2.88 bits per heavy atom. The van der Waals surface area contributed by atoms with E-state index in [1.165, 1.54) is 24.4 Å². The first-order valence-electron chi connectivity index (χ1n) is 7.50. The molecule has 9 heteroatoms. The molecule has 8 nitrogen and oxygen atoms in total. The van der Waals surface area contributed by atoms with Gasteiger partial charge in [-0.2, -0.15) is 0 Å². The van der Waals surface area contributed by atoms with Crippen LogP contribution in [0, 0.1) is 11.2 Å². The van der Waals surface area contributed by atoms with Crippen molar-refractivity contribution in [3.05, 3.63) is 52.2 Å². The quantitative estimate of drug-likeness (QED) is 0.543. The van der Waals surface area contributed by atoms with Crippen LogP contribution < -0.4 is 16.2 Å². The standard InChI is InChI=1S/C16H15FN6O2/c1-2-19-16(25)21-14-9(7-18)13-10(8-20-14)15(24)23(22-13)12-6-4-3-5-11(12)17/h3-8,18,22H,2H2,1H3,(H2,19,20,21,25). The third-order valence-electron chi connectivity index (χ3n) is 3.58. The summed E-state index contributed by atoms with van der Waals surface area (Å²) in [5.41, 5.74) is 0.0547. The summed E-state index contributed by atoms with van der Waals surface area (Å²) in [7, 11) is 0. The fraction of sp³-hybridized carbons (Fsp3) is 0.125. The predicted octanol–water partition coefficient (Wildman–Crippen LogP) is 1.99.